The van der Waals surface area contributed by atoms with Gasteiger partial charge in [0.25, 0.3) is 0 Å². The summed E-state index contributed by atoms with van der Waals surface area (Å²) < 4.78 is 5.92. The molecule has 1 atom stereocenters. The van der Waals surface area contributed by atoms with E-state index < -0.39 is 0 Å². The van der Waals surface area contributed by atoms with Crippen LogP contribution in [-0.4, -0.2) is 39.8 Å². The predicted octanol–water partition coefficient (Wildman–Crippen LogP) is 2.69. The Labute approximate surface area is 135 Å². The molecule has 0 N–H and O–H groups in total. The summed E-state index contributed by atoms with van der Waals surface area (Å²) >= 11 is 0. The van der Waals surface area contributed by atoms with Crippen molar-refractivity contribution in [3.8, 4) is 0 Å². The number of hydrogen-bond acceptors (Lipinski definition) is 5. The summed E-state index contributed by atoms with van der Waals surface area (Å²) in [6.07, 6.45) is 7.30. The van der Waals surface area contributed by atoms with Crippen molar-refractivity contribution < 1.29 is 4.74 Å². The Bertz CT molecular complexity index is 767. The van der Waals surface area contributed by atoms with Gasteiger partial charge in [-0.2, -0.15) is 0 Å². The molecule has 1 aromatic heterocycles. The lowest BCUT2D eigenvalue weighted by Crippen LogP contribution is -2.39. The van der Waals surface area contributed by atoms with Gasteiger partial charge in [-0.05, 0) is 19.1 Å². The molecule has 1 aromatic carbocycles. The van der Waals surface area contributed by atoms with E-state index in [-0.39, 0.29) is 6.35 Å². The average Bonchev–Trinajstić information content (AvgIpc) is 2.90. The molecule has 3 heterocycles. The summed E-state index contributed by atoms with van der Waals surface area (Å²) in [5.74, 6) is 0. The maximum Gasteiger partial charge on any atom is 0.214 e. The van der Waals surface area contributed by atoms with Gasteiger partial charge in [0.1, 0.15) is 6.33 Å². The van der Waals surface area contributed by atoms with Gasteiger partial charge in [-0.3, -0.25) is 0 Å². The minimum absolute atomic E-state index is 0.138. The number of nitrogens with zero attached hydrogens (tertiary/aromatic N) is 4. The van der Waals surface area contributed by atoms with Crippen molar-refractivity contribution in [2.24, 2.45) is 0 Å². The number of aromatic nitrogens is 2. The van der Waals surface area contributed by atoms with Gasteiger partial charge in [0.15, 0.2) is 0 Å². The van der Waals surface area contributed by atoms with Crippen LogP contribution in [0.1, 0.15) is 16.8 Å². The quantitative estimate of drug-likeness (QED) is 0.853. The van der Waals surface area contributed by atoms with Gasteiger partial charge in [0.2, 0.25) is 6.35 Å². The summed E-state index contributed by atoms with van der Waals surface area (Å²) in [5, 5.41) is 0. The first-order valence-electron chi connectivity index (χ1n) is 7.63. The van der Waals surface area contributed by atoms with E-state index in [2.05, 4.69) is 64.2 Å². The number of benzene rings is 1. The zero-order valence-corrected chi connectivity index (χ0v) is 13.2. The van der Waals surface area contributed by atoms with Gasteiger partial charge >= 0.3 is 0 Å². The van der Waals surface area contributed by atoms with Crippen LogP contribution in [0.3, 0.4) is 0 Å². The van der Waals surface area contributed by atoms with Crippen LogP contribution in [0.5, 0.6) is 0 Å². The molecule has 0 saturated carbocycles. The molecule has 23 heavy (non-hydrogen) atoms. The van der Waals surface area contributed by atoms with Crippen molar-refractivity contribution in [2.75, 3.05) is 13.7 Å². The van der Waals surface area contributed by atoms with Crippen LogP contribution in [0.15, 0.2) is 55.1 Å². The molecule has 5 heteroatoms. The Morgan fingerprint density at radius 1 is 1.13 bits per heavy atom. The molecule has 0 fully saturated rings. The van der Waals surface area contributed by atoms with Crippen molar-refractivity contribution in [2.45, 2.75) is 13.3 Å². The third kappa shape index (κ3) is 2.29. The highest BCUT2D eigenvalue weighted by Crippen LogP contribution is 2.41. The molecule has 1 unspecified atom stereocenters. The topological polar surface area (TPSA) is 41.5 Å². The standard InChI is InChI=1S/C18H18N4O/c1-13-4-6-14(7-5-13)16-17(15-8-9-19-12-20-15)22-10-3-11-23-18(22)21(16)2/h3-10,12,18H,11H2,1-2H3. The lowest BCUT2D eigenvalue weighted by molar-refractivity contribution is -0.0717. The molecule has 2 aromatic rings. The summed E-state index contributed by atoms with van der Waals surface area (Å²) in [5.41, 5.74) is 5.44. The van der Waals surface area contributed by atoms with E-state index in [9.17, 15) is 0 Å². The highest BCUT2D eigenvalue weighted by molar-refractivity contribution is 5.90. The summed E-state index contributed by atoms with van der Waals surface area (Å²) in [7, 11) is 2.06. The largest absolute Gasteiger partial charge is 0.336 e. The molecule has 0 spiro atoms. The second kappa shape index (κ2) is 5.52. The first kappa shape index (κ1) is 14.0. The third-order valence-electron chi connectivity index (χ3n) is 4.16. The van der Waals surface area contributed by atoms with Gasteiger partial charge in [-0.1, -0.05) is 29.8 Å². The van der Waals surface area contributed by atoms with Crippen LogP contribution < -0.4 is 0 Å². The fourth-order valence-electron chi connectivity index (χ4n) is 3.07. The smallest absolute Gasteiger partial charge is 0.214 e. The Morgan fingerprint density at radius 2 is 1.96 bits per heavy atom. The van der Waals surface area contributed by atoms with Gasteiger partial charge in [-0.15, -0.1) is 0 Å². The van der Waals surface area contributed by atoms with Crippen molar-refractivity contribution in [1.29, 1.82) is 0 Å². The van der Waals surface area contributed by atoms with E-state index >= 15 is 0 Å². The Morgan fingerprint density at radius 3 is 2.70 bits per heavy atom. The maximum atomic E-state index is 5.92. The summed E-state index contributed by atoms with van der Waals surface area (Å²) in [6, 6.07) is 10.5. The van der Waals surface area contributed by atoms with Crippen LogP contribution in [-0.2, 0) is 4.74 Å². The van der Waals surface area contributed by atoms with Crippen LogP contribution in [0.25, 0.3) is 11.4 Å². The third-order valence-corrected chi connectivity index (χ3v) is 4.16. The summed E-state index contributed by atoms with van der Waals surface area (Å²) in [4.78, 5) is 12.8. The minimum atomic E-state index is -0.138. The molecular formula is C18H18N4O. The maximum absolute atomic E-state index is 5.92. The molecule has 0 saturated heterocycles. The second-order valence-corrected chi connectivity index (χ2v) is 5.72. The van der Waals surface area contributed by atoms with Crippen molar-refractivity contribution in [1.82, 2.24) is 19.8 Å². The molecule has 0 aliphatic carbocycles. The SMILES string of the molecule is Cc1ccc(C2=C(c3ccncn3)N3C=CCOC3N2C)cc1. The zero-order chi connectivity index (χ0) is 15.8. The molecule has 0 bridgehead atoms. The van der Waals surface area contributed by atoms with Crippen molar-refractivity contribution >= 4 is 11.4 Å². The highest BCUT2D eigenvalue weighted by atomic mass is 16.5. The Kier molecular flexibility index (Phi) is 3.35. The van der Waals surface area contributed by atoms with Gasteiger partial charge in [0, 0.05) is 25.0 Å². The van der Waals surface area contributed by atoms with E-state index in [0.29, 0.717) is 6.61 Å². The second-order valence-electron chi connectivity index (χ2n) is 5.72. The van der Waals surface area contributed by atoms with E-state index in [1.807, 2.05) is 12.1 Å². The van der Waals surface area contributed by atoms with Crippen molar-refractivity contribution in [3.05, 3.63) is 72.0 Å². The van der Waals surface area contributed by atoms with Gasteiger partial charge < -0.3 is 14.5 Å². The fourth-order valence-corrected chi connectivity index (χ4v) is 3.07. The molecule has 0 radical (unpaired) electrons. The lowest BCUT2D eigenvalue weighted by atomic mass is 10.1. The summed E-state index contributed by atoms with van der Waals surface area (Å²) in [6.45, 7) is 2.71. The first-order valence-corrected chi connectivity index (χ1v) is 7.63. The van der Waals surface area contributed by atoms with E-state index in [1.54, 1.807) is 12.5 Å². The number of rotatable bonds is 2. The molecule has 2 aliphatic heterocycles. The molecule has 0 amide bonds. The zero-order valence-electron chi connectivity index (χ0n) is 13.2. The molecule has 2 aliphatic rings. The van der Waals surface area contributed by atoms with Crippen LogP contribution in [0.4, 0.5) is 0 Å². The van der Waals surface area contributed by atoms with Crippen LogP contribution in [0, 0.1) is 6.92 Å². The molecule has 4 rings (SSSR count). The Hall–Kier alpha value is -2.66. The number of hydrogen-bond donors (Lipinski definition) is 0. The number of aryl methyl sites for hydroxylation is 1. The first-order chi connectivity index (χ1) is 11.3. The normalized spacial score (nSPS) is 20.2. The van der Waals surface area contributed by atoms with Crippen LogP contribution in [0.2, 0.25) is 0 Å². The number of fused-ring (bicyclic) bond motifs is 1. The Balaban J connectivity index is 1.92. The minimum Gasteiger partial charge on any atom is -0.336 e. The predicted molar refractivity (Wildman–Crippen MR) is 88.5 cm³/mol. The van der Waals surface area contributed by atoms with E-state index in [4.69, 9.17) is 4.74 Å². The van der Waals surface area contributed by atoms with E-state index in [1.165, 1.54) is 5.56 Å². The average molecular weight is 306 g/mol. The lowest BCUT2D eigenvalue weighted by Gasteiger charge is -2.32. The highest BCUT2D eigenvalue weighted by Gasteiger charge is 2.38. The van der Waals surface area contributed by atoms with Crippen LogP contribution >= 0.6 is 0 Å². The van der Waals surface area contributed by atoms with Gasteiger partial charge in [-0.25, -0.2) is 9.97 Å². The monoisotopic (exact) mass is 306 g/mol. The van der Waals surface area contributed by atoms with E-state index in [0.717, 1.165) is 22.7 Å². The van der Waals surface area contributed by atoms with Gasteiger partial charge in [0.05, 0.1) is 23.7 Å². The fraction of sp³-hybridized carbons (Fsp3) is 0.222. The number of ether oxygens (including phenoxy) is 1. The van der Waals surface area contributed by atoms with Crippen molar-refractivity contribution in [3.63, 3.8) is 0 Å². The molecular weight excluding hydrogens is 288 g/mol. The molecule has 116 valence electrons. The molecule has 5 nitrogen and oxygen atoms in total.